The van der Waals surface area contributed by atoms with E-state index in [2.05, 4.69) is 19.9 Å². The molecule has 0 radical (unpaired) electrons. The lowest BCUT2D eigenvalue weighted by atomic mass is 9.96. The van der Waals surface area contributed by atoms with Crippen molar-refractivity contribution in [3.63, 3.8) is 0 Å². The Bertz CT molecular complexity index is 580. The molecule has 0 N–H and O–H groups in total. The van der Waals surface area contributed by atoms with E-state index in [4.69, 9.17) is 0 Å². The summed E-state index contributed by atoms with van der Waals surface area (Å²) >= 11 is 0. The number of hydrogen-bond acceptors (Lipinski definition) is 1. The smallest absolute Gasteiger partial charge is 0.185 e. The number of allylic oxidation sites excluding steroid dienone is 1. The molecule has 0 spiro atoms. The third-order valence-electron chi connectivity index (χ3n) is 3.09. The number of hydrogen-bond donors (Lipinski definition) is 0. The van der Waals surface area contributed by atoms with Crippen LogP contribution < -0.4 is 0 Å². The summed E-state index contributed by atoms with van der Waals surface area (Å²) < 4.78 is 0. The van der Waals surface area contributed by atoms with E-state index in [1.807, 2.05) is 54.6 Å². The van der Waals surface area contributed by atoms with Gasteiger partial charge in [-0.25, -0.2) is 0 Å². The first-order chi connectivity index (χ1) is 9.18. The van der Waals surface area contributed by atoms with Crippen molar-refractivity contribution in [2.24, 2.45) is 0 Å². The number of benzene rings is 2. The SMILES string of the molecule is CC(C)c1ccccc1C=CC(=O)c1ccccc1. The fraction of sp³-hybridized carbons (Fsp3) is 0.167. The Morgan fingerprint density at radius 2 is 1.58 bits per heavy atom. The van der Waals surface area contributed by atoms with Crippen LogP contribution >= 0.6 is 0 Å². The van der Waals surface area contributed by atoms with Crippen molar-refractivity contribution in [3.8, 4) is 0 Å². The summed E-state index contributed by atoms with van der Waals surface area (Å²) in [5.74, 6) is 0.492. The lowest BCUT2D eigenvalue weighted by Crippen LogP contribution is -1.94. The zero-order valence-corrected chi connectivity index (χ0v) is 11.3. The zero-order chi connectivity index (χ0) is 13.7. The molecule has 0 aliphatic heterocycles. The van der Waals surface area contributed by atoms with Gasteiger partial charge in [-0.2, -0.15) is 0 Å². The molecule has 0 fully saturated rings. The van der Waals surface area contributed by atoms with Gasteiger partial charge in [-0.3, -0.25) is 4.79 Å². The fourth-order valence-electron chi connectivity index (χ4n) is 2.05. The second-order valence-corrected chi connectivity index (χ2v) is 4.85. The maximum atomic E-state index is 12.0. The third kappa shape index (κ3) is 3.41. The maximum Gasteiger partial charge on any atom is 0.185 e. The summed E-state index contributed by atoms with van der Waals surface area (Å²) in [7, 11) is 0. The molecule has 0 bridgehead atoms. The number of carbonyl (C=O) groups excluding carboxylic acids is 1. The molecule has 0 heterocycles. The third-order valence-corrected chi connectivity index (χ3v) is 3.09. The van der Waals surface area contributed by atoms with Crippen LogP contribution in [0.5, 0.6) is 0 Å². The molecule has 2 aromatic carbocycles. The van der Waals surface area contributed by atoms with Gasteiger partial charge in [-0.1, -0.05) is 74.5 Å². The Morgan fingerprint density at radius 3 is 2.26 bits per heavy atom. The molecular formula is C18H18O. The Hall–Kier alpha value is -2.15. The predicted octanol–water partition coefficient (Wildman–Crippen LogP) is 4.71. The van der Waals surface area contributed by atoms with E-state index in [0.29, 0.717) is 5.92 Å². The van der Waals surface area contributed by atoms with E-state index in [9.17, 15) is 4.79 Å². The molecule has 0 aliphatic carbocycles. The van der Waals surface area contributed by atoms with Gasteiger partial charge in [0.1, 0.15) is 0 Å². The molecule has 0 amide bonds. The van der Waals surface area contributed by atoms with Gasteiger partial charge in [0.15, 0.2) is 5.78 Å². The summed E-state index contributed by atoms with van der Waals surface area (Å²) in [6.45, 7) is 4.32. The molecule has 0 atom stereocenters. The zero-order valence-electron chi connectivity index (χ0n) is 11.3. The second-order valence-electron chi connectivity index (χ2n) is 4.85. The van der Waals surface area contributed by atoms with Crippen molar-refractivity contribution in [1.29, 1.82) is 0 Å². The van der Waals surface area contributed by atoms with E-state index >= 15 is 0 Å². The van der Waals surface area contributed by atoms with Gasteiger partial charge in [-0.15, -0.1) is 0 Å². The second kappa shape index (κ2) is 6.14. The first-order valence-electron chi connectivity index (χ1n) is 6.55. The van der Waals surface area contributed by atoms with E-state index in [1.165, 1.54) is 5.56 Å². The van der Waals surface area contributed by atoms with Gasteiger partial charge < -0.3 is 0 Å². The van der Waals surface area contributed by atoms with Crippen LogP contribution in [0.2, 0.25) is 0 Å². The Morgan fingerprint density at radius 1 is 0.947 bits per heavy atom. The molecule has 2 aromatic rings. The van der Waals surface area contributed by atoms with Crippen LogP contribution in [0.4, 0.5) is 0 Å². The molecule has 2 rings (SSSR count). The largest absolute Gasteiger partial charge is 0.289 e. The molecule has 0 unspecified atom stereocenters. The van der Waals surface area contributed by atoms with E-state index in [0.717, 1.165) is 11.1 Å². The van der Waals surface area contributed by atoms with Crippen molar-refractivity contribution >= 4 is 11.9 Å². The molecule has 0 aliphatic rings. The number of rotatable bonds is 4. The van der Waals surface area contributed by atoms with Crippen LogP contribution in [0.1, 0.15) is 41.3 Å². The van der Waals surface area contributed by atoms with Crippen molar-refractivity contribution in [1.82, 2.24) is 0 Å². The summed E-state index contributed by atoms with van der Waals surface area (Å²) in [4.78, 5) is 12.0. The van der Waals surface area contributed by atoms with Crippen molar-refractivity contribution < 1.29 is 4.79 Å². The normalized spacial score (nSPS) is 11.1. The van der Waals surface area contributed by atoms with Crippen LogP contribution in [0.25, 0.3) is 6.08 Å². The molecule has 1 nitrogen and oxygen atoms in total. The van der Waals surface area contributed by atoms with E-state index < -0.39 is 0 Å². The van der Waals surface area contributed by atoms with Crippen LogP contribution in [0.15, 0.2) is 60.7 Å². The van der Waals surface area contributed by atoms with Crippen LogP contribution in [0, 0.1) is 0 Å². The highest BCUT2D eigenvalue weighted by Crippen LogP contribution is 2.20. The van der Waals surface area contributed by atoms with Gasteiger partial charge in [0.25, 0.3) is 0 Å². The minimum atomic E-state index is 0.0409. The average molecular weight is 250 g/mol. The topological polar surface area (TPSA) is 17.1 Å². The minimum absolute atomic E-state index is 0.0409. The van der Waals surface area contributed by atoms with Gasteiger partial charge >= 0.3 is 0 Å². The summed E-state index contributed by atoms with van der Waals surface area (Å²) in [5, 5.41) is 0. The van der Waals surface area contributed by atoms with Gasteiger partial charge in [0, 0.05) is 5.56 Å². The minimum Gasteiger partial charge on any atom is -0.289 e. The first kappa shape index (κ1) is 13.3. The molecule has 0 saturated heterocycles. The Labute approximate surface area is 114 Å². The number of ketones is 1. The van der Waals surface area contributed by atoms with Crippen LogP contribution in [-0.2, 0) is 0 Å². The van der Waals surface area contributed by atoms with Gasteiger partial charge in [-0.05, 0) is 23.1 Å². The van der Waals surface area contributed by atoms with Crippen LogP contribution in [0.3, 0.4) is 0 Å². The highest BCUT2D eigenvalue weighted by Gasteiger charge is 2.04. The highest BCUT2D eigenvalue weighted by atomic mass is 16.1. The summed E-state index contributed by atoms with van der Waals surface area (Å²) in [6, 6.07) is 17.5. The predicted molar refractivity (Wildman–Crippen MR) is 80.3 cm³/mol. The molecule has 96 valence electrons. The van der Waals surface area contributed by atoms with Crippen LogP contribution in [-0.4, -0.2) is 5.78 Å². The van der Waals surface area contributed by atoms with Crippen molar-refractivity contribution in [3.05, 3.63) is 77.4 Å². The molecule has 1 heteroatoms. The summed E-state index contributed by atoms with van der Waals surface area (Å²) in [6.07, 6.45) is 3.56. The lowest BCUT2D eigenvalue weighted by molar-refractivity contribution is 0.104. The number of carbonyl (C=O) groups is 1. The van der Waals surface area contributed by atoms with E-state index in [1.54, 1.807) is 6.08 Å². The fourth-order valence-corrected chi connectivity index (χ4v) is 2.05. The standard InChI is InChI=1S/C18H18O/c1-14(2)17-11-7-6-8-15(17)12-13-18(19)16-9-4-3-5-10-16/h3-14H,1-2H3. The maximum absolute atomic E-state index is 12.0. The van der Waals surface area contributed by atoms with E-state index in [-0.39, 0.29) is 5.78 Å². The average Bonchev–Trinajstić information content (AvgIpc) is 2.46. The molecule has 0 saturated carbocycles. The Balaban J connectivity index is 2.22. The molecule has 19 heavy (non-hydrogen) atoms. The van der Waals surface area contributed by atoms with Crippen molar-refractivity contribution in [2.45, 2.75) is 19.8 Å². The molecule has 0 aromatic heterocycles. The first-order valence-corrected chi connectivity index (χ1v) is 6.55. The van der Waals surface area contributed by atoms with Gasteiger partial charge in [0.2, 0.25) is 0 Å². The quantitative estimate of drug-likeness (QED) is 0.567. The van der Waals surface area contributed by atoms with Crippen molar-refractivity contribution in [2.75, 3.05) is 0 Å². The Kier molecular flexibility index (Phi) is 4.30. The monoisotopic (exact) mass is 250 g/mol. The van der Waals surface area contributed by atoms with Gasteiger partial charge in [0.05, 0.1) is 0 Å². The lowest BCUT2D eigenvalue weighted by Gasteiger charge is -2.08. The highest BCUT2D eigenvalue weighted by molar-refractivity contribution is 6.06. The molecular weight excluding hydrogens is 232 g/mol. The summed E-state index contributed by atoms with van der Waals surface area (Å²) in [5.41, 5.74) is 3.10.